The molecule has 4 aliphatic carbocycles. The van der Waals surface area contributed by atoms with E-state index < -0.39 is 5.97 Å². The predicted molar refractivity (Wildman–Crippen MR) is 144 cm³/mol. The third kappa shape index (κ3) is 4.09. The number of esters is 1. The van der Waals surface area contributed by atoms with Gasteiger partial charge in [0, 0.05) is 17.9 Å². The maximum Gasteiger partial charge on any atom is 0.330 e. The van der Waals surface area contributed by atoms with Crippen LogP contribution in [-0.4, -0.2) is 23.1 Å². The molecule has 4 nitrogen and oxygen atoms in total. The Morgan fingerprint density at radius 1 is 1.06 bits per heavy atom. The number of carbonyl (C=O) groups is 2. The third-order valence-electron chi connectivity index (χ3n) is 12.2. The standard InChI is InChI=1S/C32H50O4/c1-20(10-9-11-21(2)28(34)35)23-14-18-31(7)24(23)12-13-26-30(6)17-16-27(36-22(3)33)29(4,5)25(30)15-19-32(26,31)8/h11-12,20,23,25-27H,9-10,13-19H2,1-8H3,(H,34,35). The number of hydrogen-bond donors (Lipinski definition) is 1. The minimum absolute atomic E-state index is 0.000772. The maximum absolute atomic E-state index is 11.8. The maximum atomic E-state index is 11.8. The lowest BCUT2D eigenvalue weighted by Gasteiger charge is -2.68. The van der Waals surface area contributed by atoms with E-state index in [1.807, 2.05) is 6.08 Å². The van der Waals surface area contributed by atoms with Gasteiger partial charge in [-0.05, 0) is 105 Å². The Hall–Kier alpha value is -1.58. The summed E-state index contributed by atoms with van der Waals surface area (Å²) in [4.78, 5) is 23.0. The molecule has 0 aromatic carbocycles. The number of rotatable bonds is 6. The molecule has 4 heteroatoms. The van der Waals surface area contributed by atoms with Crippen LogP contribution in [0.3, 0.4) is 0 Å². The molecule has 36 heavy (non-hydrogen) atoms. The van der Waals surface area contributed by atoms with Crippen LogP contribution in [0.2, 0.25) is 0 Å². The predicted octanol–water partition coefficient (Wildman–Crippen LogP) is 7.97. The molecule has 8 unspecified atom stereocenters. The lowest BCUT2D eigenvalue weighted by Crippen LogP contribution is -2.62. The average molecular weight is 499 g/mol. The van der Waals surface area contributed by atoms with Crippen molar-refractivity contribution in [2.45, 2.75) is 119 Å². The van der Waals surface area contributed by atoms with Gasteiger partial charge in [-0.1, -0.05) is 59.3 Å². The van der Waals surface area contributed by atoms with Gasteiger partial charge in [0.1, 0.15) is 6.10 Å². The van der Waals surface area contributed by atoms with Crippen molar-refractivity contribution in [2.24, 2.45) is 45.3 Å². The van der Waals surface area contributed by atoms with Gasteiger partial charge in [0.25, 0.3) is 0 Å². The second kappa shape index (κ2) is 9.31. The smallest absolute Gasteiger partial charge is 0.330 e. The molecule has 8 atom stereocenters. The lowest BCUT2D eigenvalue weighted by molar-refractivity contribution is -0.205. The van der Waals surface area contributed by atoms with Crippen LogP contribution in [0.15, 0.2) is 23.3 Å². The topological polar surface area (TPSA) is 63.6 Å². The molecule has 0 aliphatic heterocycles. The van der Waals surface area contributed by atoms with Crippen LogP contribution in [0.25, 0.3) is 0 Å². The Labute approximate surface area is 219 Å². The fourth-order valence-electron chi connectivity index (χ4n) is 9.96. The minimum Gasteiger partial charge on any atom is -0.478 e. The molecule has 202 valence electrons. The summed E-state index contributed by atoms with van der Waals surface area (Å²) in [7, 11) is 0. The van der Waals surface area contributed by atoms with Gasteiger partial charge in [0.05, 0.1) is 0 Å². The molecule has 0 heterocycles. The molecule has 4 rings (SSSR count). The summed E-state index contributed by atoms with van der Waals surface area (Å²) in [6, 6.07) is 0. The van der Waals surface area contributed by atoms with E-state index in [-0.39, 0.29) is 28.3 Å². The molecule has 0 saturated heterocycles. The van der Waals surface area contributed by atoms with Gasteiger partial charge in [0.2, 0.25) is 0 Å². The van der Waals surface area contributed by atoms with Crippen LogP contribution in [-0.2, 0) is 14.3 Å². The highest BCUT2D eigenvalue weighted by atomic mass is 16.5. The number of aliphatic carboxylic acids is 1. The molecule has 1 N–H and O–H groups in total. The quantitative estimate of drug-likeness (QED) is 0.229. The summed E-state index contributed by atoms with van der Waals surface area (Å²) in [5, 5.41) is 9.17. The normalized spacial score (nSPS) is 42.4. The Kier molecular flexibility index (Phi) is 7.10. The number of ether oxygens (including phenoxy) is 1. The van der Waals surface area contributed by atoms with E-state index in [0.717, 1.165) is 25.7 Å². The van der Waals surface area contributed by atoms with Gasteiger partial charge in [-0.3, -0.25) is 4.79 Å². The zero-order valence-electron chi connectivity index (χ0n) is 24.1. The van der Waals surface area contributed by atoms with E-state index >= 15 is 0 Å². The van der Waals surface area contributed by atoms with Crippen molar-refractivity contribution in [3.8, 4) is 0 Å². The third-order valence-corrected chi connectivity index (χ3v) is 12.2. The molecule has 3 fully saturated rings. The Bertz CT molecular complexity index is 959. The van der Waals surface area contributed by atoms with Gasteiger partial charge in [-0.15, -0.1) is 0 Å². The average Bonchev–Trinajstić information content (AvgIpc) is 3.14. The largest absolute Gasteiger partial charge is 0.478 e. The van der Waals surface area contributed by atoms with Crippen molar-refractivity contribution in [1.29, 1.82) is 0 Å². The molecule has 0 aromatic heterocycles. The first kappa shape index (κ1) is 27.5. The number of carbonyl (C=O) groups excluding carboxylic acids is 1. The van der Waals surface area contributed by atoms with Gasteiger partial charge < -0.3 is 9.84 Å². The highest BCUT2D eigenvalue weighted by Gasteiger charge is 2.67. The van der Waals surface area contributed by atoms with Gasteiger partial charge in [0.15, 0.2) is 0 Å². The number of allylic oxidation sites excluding steroid dienone is 3. The Morgan fingerprint density at radius 2 is 1.75 bits per heavy atom. The Morgan fingerprint density at radius 3 is 2.39 bits per heavy atom. The Balaban J connectivity index is 1.58. The molecule has 0 spiro atoms. The van der Waals surface area contributed by atoms with Crippen molar-refractivity contribution in [1.82, 2.24) is 0 Å². The van der Waals surface area contributed by atoms with Crippen LogP contribution < -0.4 is 0 Å². The second-order valence-electron chi connectivity index (χ2n) is 14.1. The number of carboxylic acid groups (broad SMARTS) is 1. The van der Waals surface area contributed by atoms with Gasteiger partial charge >= 0.3 is 11.9 Å². The molecule has 0 bridgehead atoms. The fraction of sp³-hybridized carbons (Fsp3) is 0.812. The zero-order chi connectivity index (χ0) is 26.7. The molecular weight excluding hydrogens is 448 g/mol. The molecule has 0 aromatic rings. The fourth-order valence-corrected chi connectivity index (χ4v) is 9.96. The summed E-state index contributed by atoms with van der Waals surface area (Å²) < 4.78 is 5.86. The van der Waals surface area contributed by atoms with Crippen LogP contribution in [0.4, 0.5) is 0 Å². The van der Waals surface area contributed by atoms with Crippen molar-refractivity contribution in [2.75, 3.05) is 0 Å². The SMILES string of the molecule is CC(=O)OC1CCC2(C)C(CCC3(C)C2CC=C2C(C(C)CCC=C(C)C(=O)O)CCC23C)C1(C)C. The van der Waals surface area contributed by atoms with Crippen LogP contribution in [0.5, 0.6) is 0 Å². The zero-order valence-corrected chi connectivity index (χ0v) is 24.1. The minimum atomic E-state index is -0.806. The summed E-state index contributed by atoms with van der Waals surface area (Å²) in [6.45, 7) is 18.1. The second-order valence-corrected chi connectivity index (χ2v) is 14.1. The van der Waals surface area contributed by atoms with Gasteiger partial charge in [-0.2, -0.15) is 0 Å². The first-order chi connectivity index (χ1) is 16.7. The molecule has 3 saturated carbocycles. The van der Waals surface area contributed by atoms with Crippen LogP contribution >= 0.6 is 0 Å². The number of carboxylic acids is 1. The van der Waals surface area contributed by atoms with E-state index in [4.69, 9.17) is 4.74 Å². The van der Waals surface area contributed by atoms with E-state index in [2.05, 4.69) is 47.6 Å². The van der Waals surface area contributed by atoms with Crippen molar-refractivity contribution in [3.05, 3.63) is 23.3 Å². The van der Waals surface area contributed by atoms with E-state index in [9.17, 15) is 14.7 Å². The van der Waals surface area contributed by atoms with E-state index in [1.54, 1.807) is 19.4 Å². The monoisotopic (exact) mass is 498 g/mol. The molecule has 0 amide bonds. The summed E-state index contributed by atoms with van der Waals surface area (Å²) >= 11 is 0. The number of fused-ring (bicyclic) bond motifs is 5. The lowest BCUT2D eigenvalue weighted by atomic mass is 9.37. The highest BCUT2D eigenvalue weighted by Crippen LogP contribution is 2.74. The molecule has 4 aliphatic rings. The van der Waals surface area contributed by atoms with Crippen molar-refractivity contribution in [3.63, 3.8) is 0 Å². The molecular formula is C32H50O4. The summed E-state index contributed by atoms with van der Waals surface area (Å²) in [5.41, 5.74) is 2.97. The van der Waals surface area contributed by atoms with E-state index in [0.29, 0.717) is 34.7 Å². The van der Waals surface area contributed by atoms with Gasteiger partial charge in [-0.25, -0.2) is 4.79 Å². The van der Waals surface area contributed by atoms with Crippen LogP contribution in [0, 0.1) is 45.3 Å². The highest BCUT2D eigenvalue weighted by molar-refractivity contribution is 5.85. The summed E-state index contributed by atoms with van der Waals surface area (Å²) in [5.74, 6) is 1.47. The summed E-state index contributed by atoms with van der Waals surface area (Å²) in [6.07, 6.45) is 14.8. The van der Waals surface area contributed by atoms with Crippen molar-refractivity contribution >= 4 is 11.9 Å². The van der Waals surface area contributed by atoms with Crippen LogP contribution in [0.1, 0.15) is 113 Å². The van der Waals surface area contributed by atoms with Crippen molar-refractivity contribution < 1.29 is 19.4 Å². The molecule has 0 radical (unpaired) electrons. The van der Waals surface area contributed by atoms with E-state index in [1.165, 1.54) is 32.1 Å². The number of hydrogen-bond acceptors (Lipinski definition) is 3. The first-order valence-electron chi connectivity index (χ1n) is 14.5. The first-order valence-corrected chi connectivity index (χ1v) is 14.5.